The Hall–Kier alpha value is -4.27. The van der Waals surface area contributed by atoms with Crippen LogP contribution in [0.15, 0.2) is 66.9 Å². The summed E-state index contributed by atoms with van der Waals surface area (Å²) in [6, 6.07) is 18.2. The number of pyridine rings is 1. The van der Waals surface area contributed by atoms with E-state index in [-0.39, 0.29) is 35.1 Å². The van der Waals surface area contributed by atoms with E-state index in [2.05, 4.69) is 4.98 Å². The molecule has 3 rings (SSSR count). The predicted octanol–water partition coefficient (Wildman–Crippen LogP) is 4.82. The van der Waals surface area contributed by atoms with Crippen molar-refractivity contribution in [3.63, 3.8) is 0 Å². The largest absolute Gasteiger partial charge is 0.493 e. The number of primary amides is 1. The molecule has 0 fully saturated rings. The van der Waals surface area contributed by atoms with Gasteiger partial charge in [0.2, 0.25) is 5.75 Å². The third-order valence-corrected chi connectivity index (χ3v) is 4.63. The van der Waals surface area contributed by atoms with Crippen LogP contribution in [0, 0.1) is 12.7 Å². The number of nitrogens with zero attached hydrogens (tertiary/aromatic N) is 1. The number of ether oxygens (including phenoxy) is 3. The van der Waals surface area contributed by atoms with E-state index in [0.29, 0.717) is 12.0 Å². The molecule has 3 aromatic rings. The van der Waals surface area contributed by atoms with Crippen LogP contribution in [-0.2, 0) is 20.7 Å². The van der Waals surface area contributed by atoms with Gasteiger partial charge in [-0.15, -0.1) is 0 Å². The Morgan fingerprint density at radius 2 is 1.65 bits per heavy atom. The lowest BCUT2D eigenvalue weighted by atomic mass is 10.1. The number of esters is 2. The number of amides is 1. The molecule has 0 aliphatic rings. The summed E-state index contributed by atoms with van der Waals surface area (Å²) < 4.78 is 27.2. The fourth-order valence-corrected chi connectivity index (χ4v) is 2.86. The van der Waals surface area contributed by atoms with Crippen molar-refractivity contribution in [2.75, 3.05) is 7.11 Å². The number of methoxy groups -OCH3 is 1. The third-order valence-electron chi connectivity index (χ3n) is 4.63. The Morgan fingerprint density at radius 1 is 1.03 bits per heavy atom. The number of nitrogens with two attached hydrogens (primary N) is 1. The van der Waals surface area contributed by atoms with Gasteiger partial charge in [0.05, 0.1) is 7.11 Å². The van der Waals surface area contributed by atoms with Crippen molar-refractivity contribution in [1.29, 1.82) is 0 Å². The average molecular weight is 513 g/mol. The molecule has 1 aromatic heterocycles. The van der Waals surface area contributed by atoms with Crippen LogP contribution in [0.5, 0.6) is 11.5 Å². The molecule has 0 spiro atoms. The van der Waals surface area contributed by atoms with Crippen molar-refractivity contribution in [3.8, 4) is 11.5 Å². The number of hydrogen-bond donors (Lipinski definition) is 1. The lowest BCUT2D eigenvalue weighted by Crippen LogP contribution is -2.16. The summed E-state index contributed by atoms with van der Waals surface area (Å²) in [5.74, 6) is -1.45. The van der Waals surface area contributed by atoms with Gasteiger partial charge in [-0.25, -0.2) is 9.37 Å². The van der Waals surface area contributed by atoms with E-state index in [1.165, 1.54) is 37.9 Å². The number of aryl methyl sites for hydroxylation is 1. The van der Waals surface area contributed by atoms with Crippen LogP contribution in [0.25, 0.3) is 0 Å². The molecule has 0 bridgehead atoms. The first-order valence-electron chi connectivity index (χ1n) is 11.5. The smallest absolute Gasteiger partial charge is 0.308 e. The molecule has 9 heteroatoms. The van der Waals surface area contributed by atoms with Gasteiger partial charge in [-0.3, -0.25) is 14.4 Å². The van der Waals surface area contributed by atoms with Gasteiger partial charge in [0.15, 0.2) is 11.4 Å². The monoisotopic (exact) mass is 512 g/mol. The number of rotatable bonds is 7. The molecule has 2 N–H and O–H groups in total. The number of hydrogen-bond acceptors (Lipinski definition) is 7. The molecule has 198 valence electrons. The molecule has 8 nitrogen and oxygen atoms in total. The third kappa shape index (κ3) is 11.8. The highest BCUT2D eigenvalue weighted by atomic mass is 19.1. The SMILES string of the molecule is CCC(=O)OC(C)Cc1ccccc1.COc1ccnc(C(N)=O)c1OC(C)=O.Cc1ccccc1F. The van der Waals surface area contributed by atoms with E-state index in [4.69, 9.17) is 19.9 Å². The second-order valence-electron chi connectivity index (χ2n) is 7.74. The van der Waals surface area contributed by atoms with Crippen LogP contribution in [0.2, 0.25) is 0 Å². The van der Waals surface area contributed by atoms with Crippen LogP contribution in [0.1, 0.15) is 48.8 Å². The normalized spacial score (nSPS) is 10.4. The van der Waals surface area contributed by atoms with E-state index in [1.807, 2.05) is 43.3 Å². The van der Waals surface area contributed by atoms with E-state index in [0.717, 1.165) is 6.42 Å². The van der Waals surface area contributed by atoms with Gasteiger partial charge < -0.3 is 19.9 Å². The van der Waals surface area contributed by atoms with E-state index in [9.17, 15) is 18.8 Å². The van der Waals surface area contributed by atoms with Gasteiger partial charge in [-0.2, -0.15) is 0 Å². The zero-order chi connectivity index (χ0) is 27.8. The fraction of sp³-hybridized carbons (Fsp3) is 0.286. The molecular weight excluding hydrogens is 479 g/mol. The average Bonchev–Trinajstić information content (AvgIpc) is 2.86. The number of carbonyl (C=O) groups is 3. The molecule has 37 heavy (non-hydrogen) atoms. The van der Waals surface area contributed by atoms with Crippen molar-refractivity contribution in [3.05, 3.63) is 89.5 Å². The zero-order valence-electron chi connectivity index (χ0n) is 21.7. The molecule has 0 aliphatic heterocycles. The van der Waals surface area contributed by atoms with E-state index < -0.39 is 11.9 Å². The Bertz CT molecular complexity index is 1130. The highest BCUT2D eigenvalue weighted by Crippen LogP contribution is 2.29. The van der Waals surface area contributed by atoms with E-state index >= 15 is 0 Å². The highest BCUT2D eigenvalue weighted by Gasteiger charge is 2.18. The van der Waals surface area contributed by atoms with Gasteiger partial charge in [0.25, 0.3) is 5.91 Å². The maximum atomic E-state index is 12.3. The van der Waals surface area contributed by atoms with Crippen molar-refractivity contribution in [2.45, 2.75) is 46.6 Å². The van der Waals surface area contributed by atoms with Gasteiger partial charge >= 0.3 is 11.9 Å². The van der Waals surface area contributed by atoms with Crippen LogP contribution in [-0.4, -0.2) is 36.0 Å². The van der Waals surface area contributed by atoms with Crippen LogP contribution < -0.4 is 15.2 Å². The first-order chi connectivity index (χ1) is 17.6. The summed E-state index contributed by atoms with van der Waals surface area (Å²) in [6.07, 6.45) is 2.53. The maximum Gasteiger partial charge on any atom is 0.308 e. The minimum atomic E-state index is -0.787. The first kappa shape index (κ1) is 30.8. The summed E-state index contributed by atoms with van der Waals surface area (Å²) >= 11 is 0. The zero-order valence-corrected chi connectivity index (χ0v) is 21.7. The Labute approximate surface area is 216 Å². The van der Waals surface area contributed by atoms with Crippen molar-refractivity contribution in [1.82, 2.24) is 4.98 Å². The van der Waals surface area contributed by atoms with Gasteiger partial charge in [0.1, 0.15) is 11.9 Å². The molecule has 0 aliphatic carbocycles. The standard InChI is InChI=1S/C12H16O2.C9H10N2O4.C7H7F/c1-3-12(13)14-10(2)9-11-7-5-4-6-8-11;1-5(12)15-8-6(14-2)3-4-11-7(8)9(10)13;1-6-4-2-3-5-7(6)8/h4-8,10H,3,9H2,1-2H3;3-4H,1-2H3,(H2,10,13);2-5H,1H3. The molecular formula is C28H33FN2O6. The summed E-state index contributed by atoms with van der Waals surface area (Å²) in [5, 5.41) is 0. The first-order valence-corrected chi connectivity index (χ1v) is 11.5. The Morgan fingerprint density at radius 3 is 2.14 bits per heavy atom. The van der Waals surface area contributed by atoms with Crippen molar-refractivity contribution < 1.29 is 33.0 Å². The minimum absolute atomic E-state index is 0.0372. The quantitative estimate of drug-likeness (QED) is 0.451. The molecule has 2 aromatic carbocycles. The molecule has 1 amide bonds. The van der Waals surface area contributed by atoms with Gasteiger partial charge in [-0.1, -0.05) is 55.5 Å². The van der Waals surface area contributed by atoms with Gasteiger partial charge in [0, 0.05) is 32.0 Å². The maximum absolute atomic E-state index is 12.3. The predicted molar refractivity (Wildman–Crippen MR) is 138 cm³/mol. The summed E-state index contributed by atoms with van der Waals surface area (Å²) in [7, 11) is 1.38. The number of benzene rings is 2. The van der Waals surface area contributed by atoms with E-state index in [1.54, 1.807) is 26.0 Å². The minimum Gasteiger partial charge on any atom is -0.493 e. The lowest BCUT2D eigenvalue weighted by Gasteiger charge is -2.12. The highest BCUT2D eigenvalue weighted by molar-refractivity contribution is 5.95. The lowest BCUT2D eigenvalue weighted by molar-refractivity contribution is -0.147. The Balaban J connectivity index is 0.000000290. The van der Waals surface area contributed by atoms with Crippen LogP contribution in [0.3, 0.4) is 0 Å². The molecule has 0 saturated heterocycles. The van der Waals surface area contributed by atoms with Crippen LogP contribution >= 0.6 is 0 Å². The number of halogens is 1. The summed E-state index contributed by atoms with van der Waals surface area (Å²) in [6.45, 7) is 6.67. The van der Waals surface area contributed by atoms with Crippen molar-refractivity contribution in [2.24, 2.45) is 5.73 Å². The molecule has 0 saturated carbocycles. The number of aromatic nitrogens is 1. The summed E-state index contributed by atoms with van der Waals surface area (Å²) in [4.78, 5) is 36.5. The molecule has 1 atom stereocenters. The fourth-order valence-electron chi connectivity index (χ4n) is 2.86. The van der Waals surface area contributed by atoms with Gasteiger partial charge in [-0.05, 0) is 31.0 Å². The Kier molecular flexibility index (Phi) is 13.6. The van der Waals surface area contributed by atoms with Crippen LogP contribution in [0.4, 0.5) is 4.39 Å². The second kappa shape index (κ2) is 16.4. The topological polar surface area (TPSA) is 118 Å². The number of carbonyl (C=O) groups excluding carboxylic acids is 3. The second-order valence-corrected chi connectivity index (χ2v) is 7.74. The molecule has 1 heterocycles. The molecule has 1 unspecified atom stereocenters. The summed E-state index contributed by atoms with van der Waals surface area (Å²) in [5.41, 5.74) is 6.83. The molecule has 0 radical (unpaired) electrons. The van der Waals surface area contributed by atoms with Crippen molar-refractivity contribution >= 4 is 17.8 Å².